The summed E-state index contributed by atoms with van der Waals surface area (Å²) in [5, 5.41) is 2.29. The lowest BCUT2D eigenvalue weighted by Crippen LogP contribution is -2.52. The number of carbonyl (C=O) groups excluding carboxylic acids is 3. The molecule has 0 bridgehead atoms. The van der Waals surface area contributed by atoms with Crippen LogP contribution < -0.4 is 11.1 Å². The second-order valence-electron chi connectivity index (χ2n) is 5.61. The molecule has 2 aliphatic rings. The highest BCUT2D eigenvalue weighted by Crippen LogP contribution is 2.29. The van der Waals surface area contributed by atoms with Crippen LogP contribution in [0.4, 0.5) is 0 Å². The predicted molar refractivity (Wildman–Crippen MR) is 75.1 cm³/mol. The summed E-state index contributed by atoms with van der Waals surface area (Å²) in [7, 11) is 0. The van der Waals surface area contributed by atoms with Crippen molar-refractivity contribution in [2.75, 3.05) is 0 Å². The molecule has 1 saturated heterocycles. The van der Waals surface area contributed by atoms with Gasteiger partial charge < -0.3 is 10.6 Å². The number of rotatable bonds is 2. The number of hydrogen-bond donors (Lipinski definition) is 2. The Morgan fingerprint density at radius 2 is 2.10 bits per heavy atom. The first-order chi connectivity index (χ1) is 9.97. The van der Waals surface area contributed by atoms with Crippen molar-refractivity contribution in [2.45, 2.75) is 38.4 Å². The molecule has 0 saturated carbocycles. The van der Waals surface area contributed by atoms with Gasteiger partial charge in [0.15, 0.2) is 0 Å². The van der Waals surface area contributed by atoms with E-state index in [1.807, 2.05) is 19.1 Å². The molecule has 2 heterocycles. The lowest BCUT2D eigenvalue weighted by molar-refractivity contribution is -0.136. The van der Waals surface area contributed by atoms with Crippen LogP contribution in [-0.4, -0.2) is 28.7 Å². The second-order valence-corrected chi connectivity index (χ2v) is 5.61. The van der Waals surface area contributed by atoms with E-state index in [1.54, 1.807) is 6.07 Å². The number of nitrogens with zero attached hydrogens (tertiary/aromatic N) is 1. The Balaban J connectivity index is 1.86. The molecule has 6 heteroatoms. The molecule has 110 valence electrons. The van der Waals surface area contributed by atoms with Gasteiger partial charge in [0.05, 0.1) is 0 Å². The van der Waals surface area contributed by atoms with Crippen molar-refractivity contribution in [1.29, 1.82) is 0 Å². The standard InChI is InChI=1S/C15H17N3O3/c1-8(16)9-2-3-11-10(6-9)7-18(15(11)21)12-4-5-13(19)17-14(12)20/h2-3,6,8,12H,4-5,7,16H2,1H3,(H,17,19,20). The number of nitrogens with two attached hydrogens (primary N) is 1. The first kappa shape index (κ1) is 13.8. The molecule has 3 N–H and O–H groups in total. The number of fused-ring (bicyclic) bond motifs is 1. The van der Waals surface area contributed by atoms with Gasteiger partial charge in [-0.3, -0.25) is 19.7 Å². The Morgan fingerprint density at radius 3 is 2.76 bits per heavy atom. The van der Waals surface area contributed by atoms with Crippen molar-refractivity contribution < 1.29 is 14.4 Å². The van der Waals surface area contributed by atoms with Gasteiger partial charge in [-0.25, -0.2) is 0 Å². The van der Waals surface area contributed by atoms with E-state index >= 15 is 0 Å². The number of nitrogens with one attached hydrogen (secondary N) is 1. The minimum absolute atomic E-state index is 0.102. The summed E-state index contributed by atoms with van der Waals surface area (Å²) in [4.78, 5) is 37.1. The molecule has 1 aromatic rings. The first-order valence-electron chi connectivity index (χ1n) is 7.00. The van der Waals surface area contributed by atoms with Crippen LogP contribution in [0.1, 0.15) is 47.3 Å². The highest BCUT2D eigenvalue weighted by molar-refractivity contribution is 6.05. The molecule has 2 atom stereocenters. The molecular formula is C15H17N3O3. The molecule has 0 radical (unpaired) electrons. The largest absolute Gasteiger partial charge is 0.324 e. The fourth-order valence-corrected chi connectivity index (χ4v) is 2.88. The summed E-state index contributed by atoms with van der Waals surface area (Å²) in [6.45, 7) is 2.28. The number of piperidine rings is 1. The zero-order chi connectivity index (χ0) is 15.1. The van der Waals surface area contributed by atoms with Crippen molar-refractivity contribution >= 4 is 17.7 Å². The van der Waals surface area contributed by atoms with E-state index in [0.717, 1.165) is 11.1 Å². The molecule has 3 rings (SSSR count). The van der Waals surface area contributed by atoms with Gasteiger partial charge in [-0.2, -0.15) is 0 Å². The van der Waals surface area contributed by atoms with Crippen molar-refractivity contribution in [1.82, 2.24) is 10.2 Å². The summed E-state index contributed by atoms with van der Waals surface area (Å²) in [6.07, 6.45) is 0.645. The first-order valence-corrected chi connectivity index (χ1v) is 7.00. The van der Waals surface area contributed by atoms with Crippen LogP contribution in [0, 0.1) is 0 Å². The van der Waals surface area contributed by atoms with Crippen LogP contribution in [0.3, 0.4) is 0 Å². The number of amides is 3. The third kappa shape index (κ3) is 2.31. The average molecular weight is 287 g/mol. The maximum atomic E-state index is 12.4. The van der Waals surface area contributed by atoms with Gasteiger partial charge in [0.25, 0.3) is 5.91 Å². The second kappa shape index (κ2) is 4.96. The van der Waals surface area contributed by atoms with Crippen LogP contribution in [0.15, 0.2) is 18.2 Å². The maximum Gasteiger partial charge on any atom is 0.255 e. The molecule has 0 spiro atoms. The Labute approximate surface area is 122 Å². The zero-order valence-electron chi connectivity index (χ0n) is 11.8. The van der Waals surface area contributed by atoms with Crippen LogP contribution in [-0.2, 0) is 16.1 Å². The third-order valence-electron chi connectivity index (χ3n) is 4.07. The molecule has 2 aliphatic heterocycles. The van der Waals surface area contributed by atoms with Crippen LogP contribution in [0.25, 0.3) is 0 Å². The highest BCUT2D eigenvalue weighted by Gasteiger charge is 2.39. The maximum absolute atomic E-state index is 12.4. The lowest BCUT2D eigenvalue weighted by atomic mass is 10.0. The van der Waals surface area contributed by atoms with Gasteiger partial charge in [0.2, 0.25) is 11.8 Å². The van der Waals surface area contributed by atoms with E-state index in [0.29, 0.717) is 18.5 Å². The number of benzene rings is 1. The minimum atomic E-state index is -0.568. The van der Waals surface area contributed by atoms with Crippen LogP contribution in [0.2, 0.25) is 0 Å². The topological polar surface area (TPSA) is 92.5 Å². The van der Waals surface area contributed by atoms with Gasteiger partial charge in [0.1, 0.15) is 6.04 Å². The van der Waals surface area contributed by atoms with Gasteiger partial charge in [-0.1, -0.05) is 12.1 Å². The monoisotopic (exact) mass is 287 g/mol. The average Bonchev–Trinajstić information content (AvgIpc) is 2.75. The van der Waals surface area contributed by atoms with Crippen LogP contribution in [0.5, 0.6) is 0 Å². The minimum Gasteiger partial charge on any atom is -0.324 e. The fraction of sp³-hybridized carbons (Fsp3) is 0.400. The predicted octanol–water partition coefficient (Wildman–Crippen LogP) is 0.467. The van der Waals surface area contributed by atoms with Gasteiger partial charge >= 0.3 is 0 Å². The molecule has 0 aromatic heterocycles. The normalized spacial score (nSPS) is 23.0. The molecule has 3 amide bonds. The Bertz CT molecular complexity index is 639. The highest BCUT2D eigenvalue weighted by atomic mass is 16.2. The molecule has 2 unspecified atom stereocenters. The Morgan fingerprint density at radius 1 is 1.33 bits per heavy atom. The molecular weight excluding hydrogens is 270 g/mol. The van der Waals surface area contributed by atoms with E-state index < -0.39 is 6.04 Å². The lowest BCUT2D eigenvalue weighted by Gasteiger charge is -2.29. The third-order valence-corrected chi connectivity index (χ3v) is 4.07. The number of carbonyl (C=O) groups is 3. The summed E-state index contributed by atoms with van der Waals surface area (Å²) in [6, 6.07) is 4.86. The summed E-state index contributed by atoms with van der Waals surface area (Å²) >= 11 is 0. The van der Waals surface area contributed by atoms with Gasteiger partial charge in [0, 0.05) is 24.6 Å². The van der Waals surface area contributed by atoms with Gasteiger partial charge in [-0.15, -0.1) is 0 Å². The van der Waals surface area contributed by atoms with Crippen molar-refractivity contribution in [3.05, 3.63) is 34.9 Å². The summed E-state index contributed by atoms with van der Waals surface area (Å²) < 4.78 is 0. The number of imide groups is 1. The molecule has 0 aliphatic carbocycles. The summed E-state index contributed by atoms with van der Waals surface area (Å²) in [5.74, 6) is -0.824. The van der Waals surface area contributed by atoms with E-state index in [9.17, 15) is 14.4 Å². The van der Waals surface area contributed by atoms with E-state index in [1.165, 1.54) is 4.90 Å². The smallest absolute Gasteiger partial charge is 0.255 e. The quantitative estimate of drug-likeness (QED) is 0.773. The SMILES string of the molecule is CC(N)c1ccc2c(c1)CN(C1CCC(=O)NC1=O)C2=O. The van der Waals surface area contributed by atoms with E-state index in [4.69, 9.17) is 5.73 Å². The summed E-state index contributed by atoms with van der Waals surface area (Å²) in [5.41, 5.74) is 8.32. The zero-order valence-corrected chi connectivity index (χ0v) is 11.8. The van der Waals surface area contributed by atoms with Gasteiger partial charge in [-0.05, 0) is 30.5 Å². The van der Waals surface area contributed by atoms with E-state index in [2.05, 4.69) is 5.32 Å². The molecule has 6 nitrogen and oxygen atoms in total. The number of hydrogen-bond acceptors (Lipinski definition) is 4. The Hall–Kier alpha value is -2.21. The molecule has 1 aromatic carbocycles. The van der Waals surface area contributed by atoms with Crippen molar-refractivity contribution in [3.63, 3.8) is 0 Å². The van der Waals surface area contributed by atoms with Crippen molar-refractivity contribution in [2.24, 2.45) is 5.73 Å². The Kier molecular flexibility index (Phi) is 3.25. The van der Waals surface area contributed by atoms with Crippen LogP contribution >= 0.6 is 0 Å². The molecule has 1 fully saturated rings. The van der Waals surface area contributed by atoms with Crippen molar-refractivity contribution in [3.8, 4) is 0 Å². The fourth-order valence-electron chi connectivity index (χ4n) is 2.88. The van der Waals surface area contributed by atoms with E-state index in [-0.39, 0.29) is 30.2 Å². The molecule has 21 heavy (non-hydrogen) atoms.